The maximum absolute atomic E-state index is 12.6. The van der Waals surface area contributed by atoms with Crippen molar-refractivity contribution in [1.29, 1.82) is 0 Å². The van der Waals surface area contributed by atoms with Crippen LogP contribution in [0.3, 0.4) is 0 Å². The molecule has 5 nitrogen and oxygen atoms in total. The summed E-state index contributed by atoms with van der Waals surface area (Å²) in [4.78, 5) is 28.1. The van der Waals surface area contributed by atoms with E-state index >= 15 is 0 Å². The Morgan fingerprint density at radius 2 is 1.88 bits per heavy atom. The van der Waals surface area contributed by atoms with E-state index in [1.54, 1.807) is 7.05 Å². The van der Waals surface area contributed by atoms with Crippen molar-refractivity contribution in [1.82, 2.24) is 15.1 Å². The third-order valence-electron chi connectivity index (χ3n) is 4.93. The fraction of sp³-hybridized carbons (Fsp3) is 0.579. The Bertz CT molecular complexity index is 539. The lowest BCUT2D eigenvalue weighted by Crippen LogP contribution is -2.43. The molecule has 1 aliphatic rings. The van der Waals surface area contributed by atoms with Crippen LogP contribution in [0.4, 0.5) is 0 Å². The predicted molar refractivity (Wildman–Crippen MR) is 95.7 cm³/mol. The molecule has 0 saturated carbocycles. The predicted octanol–water partition coefficient (Wildman–Crippen LogP) is 1.71. The van der Waals surface area contributed by atoms with Crippen LogP contribution >= 0.6 is 0 Å². The van der Waals surface area contributed by atoms with Gasteiger partial charge in [-0.2, -0.15) is 0 Å². The topological polar surface area (TPSA) is 52.7 Å². The van der Waals surface area contributed by atoms with E-state index in [0.717, 1.165) is 38.0 Å². The van der Waals surface area contributed by atoms with Crippen LogP contribution < -0.4 is 5.32 Å². The number of piperidine rings is 1. The van der Waals surface area contributed by atoms with Gasteiger partial charge in [-0.15, -0.1) is 0 Å². The highest BCUT2D eigenvalue weighted by atomic mass is 16.2. The Morgan fingerprint density at radius 1 is 1.25 bits per heavy atom. The highest BCUT2D eigenvalue weighted by Gasteiger charge is 2.25. The summed E-state index contributed by atoms with van der Waals surface area (Å²) in [6.07, 6.45) is 2.07. The molecule has 0 radical (unpaired) electrons. The number of carbonyl (C=O) groups excluding carboxylic acids is 2. The van der Waals surface area contributed by atoms with Crippen LogP contribution in [-0.2, 0) is 9.59 Å². The molecule has 0 aliphatic carbocycles. The second kappa shape index (κ2) is 8.83. The lowest BCUT2D eigenvalue weighted by molar-refractivity contribution is -0.131. The molecule has 1 heterocycles. The van der Waals surface area contributed by atoms with Gasteiger partial charge in [0, 0.05) is 20.6 Å². The first-order valence-electron chi connectivity index (χ1n) is 8.74. The van der Waals surface area contributed by atoms with Gasteiger partial charge in [0.25, 0.3) is 0 Å². The standard InChI is InChI=1S/C19H29N3O2/c1-15(17-7-5-4-6-8-17)19(24)21(3)13-16-9-11-22(12-10-16)14-18(23)20-2/h4-8,15-16H,9-14H2,1-3H3,(H,20,23)/t15-/m0/s1. The fourth-order valence-electron chi connectivity index (χ4n) is 3.30. The molecule has 1 N–H and O–H groups in total. The molecule has 1 saturated heterocycles. The van der Waals surface area contributed by atoms with E-state index in [1.165, 1.54) is 0 Å². The first kappa shape index (κ1) is 18.5. The number of nitrogens with zero attached hydrogens (tertiary/aromatic N) is 2. The van der Waals surface area contributed by atoms with Crippen molar-refractivity contribution in [3.05, 3.63) is 35.9 Å². The van der Waals surface area contributed by atoms with Crippen molar-refractivity contribution >= 4 is 11.8 Å². The van der Waals surface area contributed by atoms with E-state index in [-0.39, 0.29) is 17.7 Å². The van der Waals surface area contributed by atoms with Gasteiger partial charge in [0.15, 0.2) is 0 Å². The van der Waals surface area contributed by atoms with Crippen LogP contribution in [0.2, 0.25) is 0 Å². The minimum atomic E-state index is -0.107. The van der Waals surface area contributed by atoms with Crippen LogP contribution in [0.25, 0.3) is 0 Å². The van der Waals surface area contributed by atoms with Gasteiger partial charge < -0.3 is 10.2 Å². The third kappa shape index (κ3) is 5.06. The van der Waals surface area contributed by atoms with Crippen molar-refractivity contribution in [2.75, 3.05) is 40.3 Å². The maximum atomic E-state index is 12.6. The first-order chi connectivity index (χ1) is 11.5. The molecule has 132 valence electrons. The smallest absolute Gasteiger partial charge is 0.233 e. The molecule has 0 aromatic heterocycles. The summed E-state index contributed by atoms with van der Waals surface area (Å²) in [5.41, 5.74) is 1.06. The molecule has 1 atom stereocenters. The Hall–Kier alpha value is -1.88. The second-order valence-corrected chi connectivity index (χ2v) is 6.74. The van der Waals surface area contributed by atoms with Gasteiger partial charge in [0.2, 0.25) is 11.8 Å². The number of likely N-dealkylation sites (N-methyl/N-ethyl adjacent to an activating group) is 2. The average molecular weight is 331 g/mol. The Morgan fingerprint density at radius 3 is 2.46 bits per heavy atom. The summed E-state index contributed by atoms with van der Waals surface area (Å²) in [7, 11) is 3.57. The van der Waals surface area contributed by atoms with Crippen LogP contribution in [0, 0.1) is 5.92 Å². The molecular formula is C19H29N3O2. The van der Waals surface area contributed by atoms with Crippen molar-refractivity contribution < 1.29 is 9.59 Å². The van der Waals surface area contributed by atoms with E-state index in [2.05, 4.69) is 10.2 Å². The van der Waals surface area contributed by atoms with Gasteiger partial charge >= 0.3 is 0 Å². The molecule has 1 aromatic carbocycles. The van der Waals surface area contributed by atoms with Crippen LogP contribution in [0.15, 0.2) is 30.3 Å². The molecule has 2 rings (SSSR count). The van der Waals surface area contributed by atoms with E-state index < -0.39 is 0 Å². The molecule has 24 heavy (non-hydrogen) atoms. The fourth-order valence-corrected chi connectivity index (χ4v) is 3.30. The van der Waals surface area contributed by atoms with Gasteiger partial charge in [0.05, 0.1) is 12.5 Å². The highest BCUT2D eigenvalue weighted by Crippen LogP contribution is 2.21. The molecule has 0 unspecified atom stereocenters. The van der Waals surface area contributed by atoms with Crippen LogP contribution in [-0.4, -0.2) is 61.9 Å². The normalized spacial score (nSPS) is 17.3. The second-order valence-electron chi connectivity index (χ2n) is 6.74. The molecule has 1 fully saturated rings. The monoisotopic (exact) mass is 331 g/mol. The number of hydrogen-bond acceptors (Lipinski definition) is 3. The number of rotatable bonds is 6. The lowest BCUT2D eigenvalue weighted by atomic mass is 9.95. The Balaban J connectivity index is 1.79. The highest BCUT2D eigenvalue weighted by molar-refractivity contribution is 5.83. The average Bonchev–Trinajstić information content (AvgIpc) is 2.62. The van der Waals surface area contributed by atoms with Gasteiger partial charge in [0.1, 0.15) is 0 Å². The number of nitrogens with one attached hydrogen (secondary N) is 1. The van der Waals surface area contributed by atoms with E-state index in [0.29, 0.717) is 12.5 Å². The molecule has 0 spiro atoms. The molecule has 2 amide bonds. The Kier molecular flexibility index (Phi) is 6.79. The van der Waals surface area contributed by atoms with Crippen molar-refractivity contribution in [3.63, 3.8) is 0 Å². The number of likely N-dealkylation sites (tertiary alicyclic amines) is 1. The SMILES string of the molecule is CNC(=O)CN1CCC(CN(C)C(=O)[C@@H](C)c2ccccc2)CC1. The minimum absolute atomic E-state index is 0.0671. The number of amides is 2. The van der Waals surface area contributed by atoms with Gasteiger partial charge in [-0.05, 0) is 44.3 Å². The van der Waals surface area contributed by atoms with Gasteiger partial charge in [-0.25, -0.2) is 0 Å². The zero-order valence-electron chi connectivity index (χ0n) is 15.0. The van der Waals surface area contributed by atoms with Crippen LogP contribution in [0.1, 0.15) is 31.2 Å². The summed E-state index contributed by atoms with van der Waals surface area (Å²) in [5.74, 6) is 0.652. The molecule has 0 bridgehead atoms. The van der Waals surface area contributed by atoms with Gasteiger partial charge in [-0.1, -0.05) is 30.3 Å². The summed E-state index contributed by atoms with van der Waals surface area (Å²) in [6.45, 7) is 5.09. The Labute approximate surface area is 145 Å². The van der Waals surface area contributed by atoms with E-state index in [4.69, 9.17) is 0 Å². The zero-order valence-corrected chi connectivity index (χ0v) is 15.0. The number of carbonyl (C=O) groups is 2. The maximum Gasteiger partial charge on any atom is 0.233 e. The quantitative estimate of drug-likeness (QED) is 0.863. The van der Waals surface area contributed by atoms with Gasteiger partial charge in [-0.3, -0.25) is 14.5 Å². The summed E-state index contributed by atoms with van der Waals surface area (Å²) in [5, 5.41) is 2.67. The van der Waals surface area contributed by atoms with E-state index in [1.807, 2.05) is 49.2 Å². The van der Waals surface area contributed by atoms with Crippen molar-refractivity contribution in [2.45, 2.75) is 25.7 Å². The van der Waals surface area contributed by atoms with Crippen molar-refractivity contribution in [3.8, 4) is 0 Å². The largest absolute Gasteiger partial charge is 0.358 e. The van der Waals surface area contributed by atoms with Crippen molar-refractivity contribution in [2.24, 2.45) is 5.92 Å². The molecule has 1 aromatic rings. The number of hydrogen-bond donors (Lipinski definition) is 1. The summed E-state index contributed by atoms with van der Waals surface area (Å²) >= 11 is 0. The molecule has 1 aliphatic heterocycles. The number of benzene rings is 1. The minimum Gasteiger partial charge on any atom is -0.358 e. The first-order valence-corrected chi connectivity index (χ1v) is 8.74. The van der Waals surface area contributed by atoms with E-state index in [9.17, 15) is 9.59 Å². The summed E-state index contributed by atoms with van der Waals surface area (Å²) in [6, 6.07) is 9.93. The lowest BCUT2D eigenvalue weighted by Gasteiger charge is -2.34. The summed E-state index contributed by atoms with van der Waals surface area (Å²) < 4.78 is 0. The zero-order chi connectivity index (χ0) is 17.5. The third-order valence-corrected chi connectivity index (χ3v) is 4.93. The van der Waals surface area contributed by atoms with Crippen LogP contribution in [0.5, 0.6) is 0 Å². The molecule has 5 heteroatoms. The molecular weight excluding hydrogens is 302 g/mol.